The number of benzene rings is 1. The van der Waals surface area contributed by atoms with Crippen LogP contribution in [-0.2, 0) is 0 Å². The molecule has 3 heteroatoms. The summed E-state index contributed by atoms with van der Waals surface area (Å²) >= 11 is 0. The van der Waals surface area contributed by atoms with Crippen LogP contribution in [0.5, 0.6) is 5.75 Å². The molecule has 3 N–H and O–H groups in total. The Bertz CT molecular complexity index is 290. The van der Waals surface area contributed by atoms with Crippen LogP contribution >= 0.6 is 0 Å². The first-order valence-corrected chi connectivity index (χ1v) is 4.10. The number of halogens is 1. The second-order valence-electron chi connectivity index (χ2n) is 2.65. The lowest BCUT2D eigenvalue weighted by Crippen LogP contribution is -1.95. The maximum absolute atomic E-state index is 13.0. The summed E-state index contributed by atoms with van der Waals surface area (Å²) in [5.74, 6) is -0.471. The molecule has 0 bridgehead atoms. The fourth-order valence-electron chi connectivity index (χ4n) is 0.988. The summed E-state index contributed by atoms with van der Waals surface area (Å²) in [7, 11) is 0. The van der Waals surface area contributed by atoms with Crippen molar-refractivity contribution in [2.45, 2.75) is 6.42 Å². The van der Waals surface area contributed by atoms with Gasteiger partial charge in [0.05, 0.1) is 5.56 Å². The van der Waals surface area contributed by atoms with Crippen molar-refractivity contribution in [3.63, 3.8) is 0 Å². The van der Waals surface area contributed by atoms with Crippen molar-refractivity contribution in [1.29, 1.82) is 0 Å². The maximum atomic E-state index is 13.0. The molecule has 1 aromatic carbocycles. The molecule has 0 aromatic heterocycles. The molecule has 1 rings (SSSR count). The smallest absolute Gasteiger partial charge is 0.134 e. The first-order chi connectivity index (χ1) is 6.25. The normalized spacial score (nSPS) is 10.9. The molecular weight excluding hydrogens is 169 g/mol. The van der Waals surface area contributed by atoms with E-state index in [-0.39, 0.29) is 11.3 Å². The van der Waals surface area contributed by atoms with Crippen molar-refractivity contribution in [3.05, 3.63) is 35.7 Å². The van der Waals surface area contributed by atoms with Crippen molar-refractivity contribution < 1.29 is 9.50 Å². The van der Waals surface area contributed by atoms with E-state index >= 15 is 0 Å². The number of aromatic hydroxyl groups is 1. The molecule has 0 saturated carbocycles. The Morgan fingerprint density at radius 1 is 1.46 bits per heavy atom. The molecule has 0 aliphatic rings. The molecule has 0 saturated heterocycles. The van der Waals surface area contributed by atoms with Gasteiger partial charge in [0.1, 0.15) is 11.6 Å². The SMILES string of the molecule is NCCC=Cc1c(O)cccc1F. The molecule has 0 unspecified atom stereocenters. The lowest BCUT2D eigenvalue weighted by atomic mass is 10.1. The van der Waals surface area contributed by atoms with Crippen LogP contribution in [0.1, 0.15) is 12.0 Å². The van der Waals surface area contributed by atoms with Gasteiger partial charge < -0.3 is 10.8 Å². The summed E-state index contributed by atoms with van der Waals surface area (Å²) in [6.45, 7) is 0.520. The highest BCUT2D eigenvalue weighted by molar-refractivity contribution is 5.57. The molecular formula is C10H12FNO. The van der Waals surface area contributed by atoms with Crippen LogP contribution in [0, 0.1) is 5.82 Å². The second-order valence-corrected chi connectivity index (χ2v) is 2.65. The molecule has 0 amide bonds. The van der Waals surface area contributed by atoms with Crippen molar-refractivity contribution in [3.8, 4) is 5.75 Å². The predicted molar refractivity (Wildman–Crippen MR) is 50.8 cm³/mol. The van der Waals surface area contributed by atoms with E-state index in [1.54, 1.807) is 6.08 Å². The number of phenols is 1. The molecule has 13 heavy (non-hydrogen) atoms. The zero-order valence-corrected chi connectivity index (χ0v) is 7.20. The first-order valence-electron chi connectivity index (χ1n) is 4.10. The minimum atomic E-state index is -0.423. The summed E-state index contributed by atoms with van der Waals surface area (Å²) in [4.78, 5) is 0. The third kappa shape index (κ3) is 2.56. The van der Waals surface area contributed by atoms with E-state index < -0.39 is 5.82 Å². The van der Waals surface area contributed by atoms with Crippen LogP contribution < -0.4 is 5.73 Å². The van der Waals surface area contributed by atoms with E-state index in [1.165, 1.54) is 24.3 Å². The third-order valence-electron chi connectivity index (χ3n) is 1.65. The number of phenolic OH excluding ortho intramolecular Hbond substituents is 1. The highest BCUT2D eigenvalue weighted by Gasteiger charge is 2.02. The molecule has 0 aliphatic carbocycles. The van der Waals surface area contributed by atoms with Crippen LogP contribution in [0.3, 0.4) is 0 Å². The summed E-state index contributed by atoms with van der Waals surface area (Å²) in [6, 6.07) is 4.22. The number of rotatable bonds is 3. The van der Waals surface area contributed by atoms with Crippen LogP contribution in [0.4, 0.5) is 4.39 Å². The largest absolute Gasteiger partial charge is 0.507 e. The zero-order valence-electron chi connectivity index (χ0n) is 7.20. The molecule has 1 aromatic rings. The van der Waals surface area contributed by atoms with E-state index in [1.807, 2.05) is 0 Å². The van der Waals surface area contributed by atoms with Gasteiger partial charge in [0.2, 0.25) is 0 Å². The minimum absolute atomic E-state index is 0.0479. The molecule has 2 nitrogen and oxygen atoms in total. The van der Waals surface area contributed by atoms with Crippen LogP contribution in [0.25, 0.3) is 6.08 Å². The lowest BCUT2D eigenvalue weighted by molar-refractivity contribution is 0.467. The van der Waals surface area contributed by atoms with Crippen molar-refractivity contribution in [2.75, 3.05) is 6.54 Å². The quantitative estimate of drug-likeness (QED) is 0.748. The number of hydrogen-bond donors (Lipinski definition) is 2. The highest BCUT2D eigenvalue weighted by Crippen LogP contribution is 2.21. The monoisotopic (exact) mass is 181 g/mol. The maximum Gasteiger partial charge on any atom is 0.134 e. The third-order valence-corrected chi connectivity index (χ3v) is 1.65. The minimum Gasteiger partial charge on any atom is -0.507 e. The van der Waals surface area contributed by atoms with Gasteiger partial charge in [0.15, 0.2) is 0 Å². The van der Waals surface area contributed by atoms with Crippen LogP contribution in [0.15, 0.2) is 24.3 Å². The lowest BCUT2D eigenvalue weighted by Gasteiger charge is -1.99. The zero-order chi connectivity index (χ0) is 9.68. The second kappa shape index (κ2) is 4.62. The van der Waals surface area contributed by atoms with Gasteiger partial charge in [-0.3, -0.25) is 0 Å². The average Bonchev–Trinajstić information content (AvgIpc) is 2.10. The van der Waals surface area contributed by atoms with Crippen LogP contribution in [0.2, 0.25) is 0 Å². The highest BCUT2D eigenvalue weighted by atomic mass is 19.1. The Morgan fingerprint density at radius 3 is 2.85 bits per heavy atom. The summed E-state index contributed by atoms with van der Waals surface area (Å²) in [5.41, 5.74) is 5.48. The molecule has 0 radical (unpaired) electrons. The van der Waals surface area contributed by atoms with Crippen LogP contribution in [-0.4, -0.2) is 11.7 Å². The van der Waals surface area contributed by atoms with Gasteiger partial charge in [-0.25, -0.2) is 4.39 Å². The number of hydrogen-bond acceptors (Lipinski definition) is 2. The van der Waals surface area contributed by atoms with Gasteiger partial charge in [-0.05, 0) is 25.1 Å². The van der Waals surface area contributed by atoms with E-state index in [9.17, 15) is 9.50 Å². The van der Waals surface area contributed by atoms with Gasteiger partial charge in [0, 0.05) is 0 Å². The molecule has 0 fully saturated rings. The van der Waals surface area contributed by atoms with E-state index in [4.69, 9.17) is 5.73 Å². The van der Waals surface area contributed by atoms with Crippen molar-refractivity contribution in [1.82, 2.24) is 0 Å². The van der Waals surface area contributed by atoms with Gasteiger partial charge in [-0.2, -0.15) is 0 Å². The Hall–Kier alpha value is -1.35. The first kappa shape index (κ1) is 9.74. The molecule has 70 valence electrons. The summed E-state index contributed by atoms with van der Waals surface area (Å²) < 4.78 is 13.0. The van der Waals surface area contributed by atoms with Crippen molar-refractivity contribution >= 4 is 6.08 Å². The van der Waals surface area contributed by atoms with Gasteiger partial charge in [0.25, 0.3) is 0 Å². The van der Waals surface area contributed by atoms with Crippen molar-refractivity contribution in [2.24, 2.45) is 5.73 Å². The summed E-state index contributed by atoms with van der Waals surface area (Å²) in [5, 5.41) is 9.27. The Balaban J connectivity index is 2.87. The topological polar surface area (TPSA) is 46.2 Å². The van der Waals surface area contributed by atoms with E-state index in [2.05, 4.69) is 0 Å². The predicted octanol–water partition coefficient (Wildman–Crippen LogP) is 1.89. The fourth-order valence-corrected chi connectivity index (χ4v) is 0.988. The fraction of sp³-hybridized carbons (Fsp3) is 0.200. The molecule has 0 spiro atoms. The molecule has 0 atom stereocenters. The number of nitrogens with two attached hydrogens (primary N) is 1. The van der Waals surface area contributed by atoms with E-state index in [0.717, 1.165) is 0 Å². The Kier molecular flexibility index (Phi) is 3.46. The average molecular weight is 181 g/mol. The standard InChI is InChI=1S/C10H12FNO/c11-9-5-3-6-10(13)8(9)4-1-2-7-12/h1,3-6,13H,2,7,12H2. The Labute approximate surface area is 76.5 Å². The van der Waals surface area contributed by atoms with Gasteiger partial charge in [-0.1, -0.05) is 18.2 Å². The van der Waals surface area contributed by atoms with Gasteiger partial charge >= 0.3 is 0 Å². The van der Waals surface area contributed by atoms with E-state index in [0.29, 0.717) is 13.0 Å². The molecule has 0 aliphatic heterocycles. The Morgan fingerprint density at radius 2 is 2.23 bits per heavy atom. The van der Waals surface area contributed by atoms with Gasteiger partial charge in [-0.15, -0.1) is 0 Å². The molecule has 0 heterocycles. The summed E-state index contributed by atoms with van der Waals surface area (Å²) in [6.07, 6.45) is 3.95.